The molecule has 0 aliphatic heterocycles. The van der Waals surface area contributed by atoms with Crippen molar-refractivity contribution in [2.45, 2.75) is 136 Å². The third-order valence-corrected chi connectivity index (χ3v) is 5.45. The predicted octanol–water partition coefficient (Wildman–Crippen LogP) is 8.01. The smallest absolute Gasteiger partial charge is 0.00515 e. The Hall–Kier alpha value is -0.0400. The van der Waals surface area contributed by atoms with Crippen LogP contribution in [0.1, 0.15) is 136 Å². The zero-order chi connectivity index (χ0) is 17.7. The van der Waals surface area contributed by atoms with E-state index in [4.69, 9.17) is 5.73 Å². The van der Waals surface area contributed by atoms with Gasteiger partial charge in [-0.1, -0.05) is 129 Å². The third-order valence-electron chi connectivity index (χ3n) is 5.45. The molecule has 24 heavy (non-hydrogen) atoms. The molecule has 0 aromatic rings. The van der Waals surface area contributed by atoms with E-state index in [0.717, 1.165) is 12.5 Å². The molecule has 0 spiro atoms. The maximum Gasteiger partial charge on any atom is -0.00515 e. The van der Waals surface area contributed by atoms with Gasteiger partial charge < -0.3 is 5.73 Å². The van der Waals surface area contributed by atoms with E-state index in [1.54, 1.807) is 0 Å². The van der Waals surface area contributed by atoms with Crippen LogP contribution in [0.5, 0.6) is 0 Å². The fourth-order valence-electron chi connectivity index (χ4n) is 3.51. The van der Waals surface area contributed by atoms with Crippen LogP contribution in [0.2, 0.25) is 0 Å². The highest BCUT2D eigenvalue weighted by molar-refractivity contribution is 4.54. The molecule has 0 heterocycles. The number of nitrogens with two attached hydrogens (primary N) is 1. The largest absolute Gasteiger partial charge is 0.330 e. The maximum atomic E-state index is 5.65. The van der Waals surface area contributed by atoms with Crippen molar-refractivity contribution in [2.24, 2.45) is 11.7 Å². The lowest BCUT2D eigenvalue weighted by Gasteiger charge is -2.07. The van der Waals surface area contributed by atoms with Crippen LogP contribution in [0.25, 0.3) is 0 Å². The molecular weight excluding hydrogens is 290 g/mol. The van der Waals surface area contributed by atoms with Crippen LogP contribution in [0, 0.1) is 5.92 Å². The molecule has 1 nitrogen and oxygen atoms in total. The minimum atomic E-state index is 0.728. The Bertz CT molecular complexity index is 214. The Balaban J connectivity index is 2.98. The summed E-state index contributed by atoms with van der Waals surface area (Å²) in [5.41, 5.74) is 5.65. The first kappa shape index (κ1) is 24.0. The normalized spacial score (nSPS) is 12.6. The van der Waals surface area contributed by atoms with E-state index in [0.29, 0.717) is 0 Å². The molecule has 1 unspecified atom stereocenters. The molecule has 0 rings (SSSR count). The summed E-state index contributed by atoms with van der Waals surface area (Å²) in [6, 6.07) is 0. The summed E-state index contributed by atoms with van der Waals surface area (Å²) in [6.45, 7) is 5.43. The topological polar surface area (TPSA) is 26.0 Å². The molecule has 0 aromatic heterocycles. The highest BCUT2D eigenvalue weighted by Crippen LogP contribution is 2.15. The quantitative estimate of drug-likeness (QED) is 0.223. The summed E-state index contributed by atoms with van der Waals surface area (Å²) < 4.78 is 0. The first-order valence-corrected chi connectivity index (χ1v) is 11.5. The van der Waals surface area contributed by atoms with Crippen LogP contribution in [0.4, 0.5) is 0 Å². The van der Waals surface area contributed by atoms with Gasteiger partial charge in [0, 0.05) is 0 Å². The highest BCUT2D eigenvalue weighted by atomic mass is 14.5. The minimum absolute atomic E-state index is 0.728. The van der Waals surface area contributed by atoms with E-state index in [9.17, 15) is 0 Å². The van der Waals surface area contributed by atoms with Crippen LogP contribution < -0.4 is 5.73 Å². The Labute approximate surface area is 154 Å². The first-order chi connectivity index (χ1) is 11.8. The summed E-state index contributed by atoms with van der Waals surface area (Å²) in [5, 5.41) is 0. The molecule has 0 radical (unpaired) electrons. The SMILES string of the molecule is CCCCCCCCCCCCCCCCCCCCC(C)CN. The standard InChI is InChI=1S/C23H49N/c1-3-4-5-6-7-8-9-10-11-12-13-14-15-16-17-18-19-20-21-23(2)22-24/h23H,3-22,24H2,1-2H3. The van der Waals surface area contributed by atoms with Crippen LogP contribution >= 0.6 is 0 Å². The Morgan fingerprint density at radius 3 is 1.08 bits per heavy atom. The van der Waals surface area contributed by atoms with Gasteiger partial charge in [0.05, 0.1) is 0 Å². The second kappa shape index (κ2) is 21.0. The van der Waals surface area contributed by atoms with Crippen LogP contribution in [-0.2, 0) is 0 Å². The van der Waals surface area contributed by atoms with E-state index in [1.807, 2.05) is 0 Å². The average molecular weight is 340 g/mol. The maximum absolute atomic E-state index is 5.65. The van der Waals surface area contributed by atoms with Gasteiger partial charge in [0.15, 0.2) is 0 Å². The molecular formula is C23H49N. The first-order valence-electron chi connectivity index (χ1n) is 11.5. The van der Waals surface area contributed by atoms with Crippen molar-refractivity contribution >= 4 is 0 Å². The molecule has 0 aliphatic carbocycles. The molecule has 0 bridgehead atoms. The summed E-state index contributed by atoms with van der Waals surface area (Å²) in [4.78, 5) is 0. The number of unbranched alkanes of at least 4 members (excludes halogenated alkanes) is 17. The van der Waals surface area contributed by atoms with Crippen LogP contribution in [0.15, 0.2) is 0 Å². The molecule has 0 saturated carbocycles. The van der Waals surface area contributed by atoms with E-state index >= 15 is 0 Å². The third kappa shape index (κ3) is 20.0. The summed E-state index contributed by atoms with van der Waals surface area (Å²) in [6.07, 6.45) is 27.5. The molecule has 0 fully saturated rings. The lowest BCUT2D eigenvalue weighted by atomic mass is 10.0. The lowest BCUT2D eigenvalue weighted by Crippen LogP contribution is -2.10. The van der Waals surface area contributed by atoms with Crippen LogP contribution in [0.3, 0.4) is 0 Å². The van der Waals surface area contributed by atoms with E-state index in [1.165, 1.54) is 122 Å². The zero-order valence-corrected chi connectivity index (χ0v) is 17.3. The Morgan fingerprint density at radius 1 is 0.500 bits per heavy atom. The Morgan fingerprint density at radius 2 is 0.792 bits per heavy atom. The predicted molar refractivity (Wildman–Crippen MR) is 112 cm³/mol. The summed E-state index contributed by atoms with van der Waals surface area (Å²) in [7, 11) is 0. The number of hydrogen-bond acceptors (Lipinski definition) is 1. The molecule has 0 aromatic carbocycles. The summed E-state index contributed by atoms with van der Waals surface area (Å²) in [5.74, 6) is 0.728. The van der Waals surface area contributed by atoms with Crippen molar-refractivity contribution in [3.63, 3.8) is 0 Å². The van der Waals surface area contributed by atoms with E-state index < -0.39 is 0 Å². The molecule has 0 aliphatic rings. The van der Waals surface area contributed by atoms with Gasteiger partial charge in [0.1, 0.15) is 0 Å². The fraction of sp³-hybridized carbons (Fsp3) is 1.00. The second-order valence-corrected chi connectivity index (χ2v) is 8.14. The minimum Gasteiger partial charge on any atom is -0.330 e. The van der Waals surface area contributed by atoms with Gasteiger partial charge in [-0.15, -0.1) is 0 Å². The van der Waals surface area contributed by atoms with Gasteiger partial charge in [-0.3, -0.25) is 0 Å². The lowest BCUT2D eigenvalue weighted by molar-refractivity contribution is 0.484. The van der Waals surface area contributed by atoms with Gasteiger partial charge in [-0.05, 0) is 18.9 Å². The van der Waals surface area contributed by atoms with Crippen molar-refractivity contribution in [2.75, 3.05) is 6.54 Å². The Kier molecular flexibility index (Phi) is 21.0. The highest BCUT2D eigenvalue weighted by Gasteiger charge is 1.98. The molecule has 0 saturated heterocycles. The molecule has 1 heteroatoms. The molecule has 0 amide bonds. The van der Waals surface area contributed by atoms with Gasteiger partial charge in [0.25, 0.3) is 0 Å². The molecule has 2 N–H and O–H groups in total. The van der Waals surface area contributed by atoms with Gasteiger partial charge in [0.2, 0.25) is 0 Å². The molecule has 1 atom stereocenters. The van der Waals surface area contributed by atoms with E-state index in [-0.39, 0.29) is 0 Å². The second-order valence-electron chi connectivity index (χ2n) is 8.14. The average Bonchev–Trinajstić information content (AvgIpc) is 2.60. The van der Waals surface area contributed by atoms with Gasteiger partial charge in [-0.2, -0.15) is 0 Å². The fourth-order valence-corrected chi connectivity index (χ4v) is 3.51. The number of hydrogen-bond donors (Lipinski definition) is 1. The molecule has 146 valence electrons. The van der Waals surface area contributed by atoms with Crippen molar-refractivity contribution in [3.8, 4) is 0 Å². The van der Waals surface area contributed by atoms with Crippen molar-refractivity contribution in [1.29, 1.82) is 0 Å². The van der Waals surface area contributed by atoms with Crippen LogP contribution in [-0.4, -0.2) is 6.54 Å². The monoisotopic (exact) mass is 339 g/mol. The van der Waals surface area contributed by atoms with Gasteiger partial charge in [-0.25, -0.2) is 0 Å². The zero-order valence-electron chi connectivity index (χ0n) is 17.3. The number of rotatable bonds is 20. The van der Waals surface area contributed by atoms with Crippen molar-refractivity contribution < 1.29 is 0 Å². The van der Waals surface area contributed by atoms with E-state index in [2.05, 4.69) is 13.8 Å². The van der Waals surface area contributed by atoms with Gasteiger partial charge >= 0.3 is 0 Å². The van der Waals surface area contributed by atoms with Crippen molar-refractivity contribution in [1.82, 2.24) is 0 Å². The van der Waals surface area contributed by atoms with Crippen molar-refractivity contribution in [3.05, 3.63) is 0 Å². The summed E-state index contributed by atoms with van der Waals surface area (Å²) >= 11 is 0.